The highest BCUT2D eigenvalue weighted by Gasteiger charge is 2.33. The summed E-state index contributed by atoms with van der Waals surface area (Å²) in [6.07, 6.45) is 2.39. The Balaban J connectivity index is 1.99. The summed E-state index contributed by atoms with van der Waals surface area (Å²) in [5.41, 5.74) is -0.185. The van der Waals surface area contributed by atoms with Crippen molar-refractivity contribution in [3.05, 3.63) is 45.8 Å². The van der Waals surface area contributed by atoms with Crippen molar-refractivity contribution in [2.75, 3.05) is 44.1 Å². The SMILES string of the molecule is CCOC(=O)C1CCCN(c2ncnc(Nc3cc(C(=O)OC)cc(C(=O)OC)c3)c2[N+](=O)[O-])C1. The third-order valence-electron chi connectivity index (χ3n) is 5.36. The normalized spacial score (nSPS) is 15.2. The lowest BCUT2D eigenvalue weighted by atomic mass is 9.98. The zero-order valence-electron chi connectivity index (χ0n) is 19.5. The Bertz CT molecular complexity index is 1100. The van der Waals surface area contributed by atoms with Gasteiger partial charge in [0.05, 0.1) is 42.8 Å². The number of hydrogen-bond acceptors (Lipinski definition) is 12. The number of nitrogens with one attached hydrogen (secondary N) is 1. The van der Waals surface area contributed by atoms with Crippen LogP contribution in [0.25, 0.3) is 0 Å². The van der Waals surface area contributed by atoms with Crippen molar-refractivity contribution in [2.24, 2.45) is 5.92 Å². The average Bonchev–Trinajstić information content (AvgIpc) is 2.87. The van der Waals surface area contributed by atoms with Gasteiger partial charge in [-0.2, -0.15) is 0 Å². The van der Waals surface area contributed by atoms with Gasteiger partial charge in [0, 0.05) is 18.8 Å². The Morgan fingerprint density at radius 2 is 1.80 bits per heavy atom. The number of anilines is 3. The first kappa shape index (κ1) is 25.3. The molecule has 1 aromatic carbocycles. The molecule has 0 amide bonds. The predicted octanol–water partition coefficient (Wildman–Crippen LogP) is 2.48. The second-order valence-corrected chi connectivity index (χ2v) is 7.60. The van der Waals surface area contributed by atoms with Gasteiger partial charge in [0.25, 0.3) is 0 Å². The van der Waals surface area contributed by atoms with Crippen molar-refractivity contribution in [3.8, 4) is 0 Å². The summed E-state index contributed by atoms with van der Waals surface area (Å²) in [5, 5.41) is 14.9. The molecule has 35 heavy (non-hydrogen) atoms. The van der Waals surface area contributed by atoms with Crippen molar-refractivity contribution in [3.63, 3.8) is 0 Å². The zero-order chi connectivity index (χ0) is 25.5. The van der Waals surface area contributed by atoms with E-state index in [0.29, 0.717) is 19.4 Å². The van der Waals surface area contributed by atoms with Crippen molar-refractivity contribution < 1.29 is 33.5 Å². The number of benzene rings is 1. The van der Waals surface area contributed by atoms with Gasteiger partial charge in [0.2, 0.25) is 11.6 Å². The highest BCUT2D eigenvalue weighted by Crippen LogP contribution is 2.36. The molecule has 1 aliphatic rings. The van der Waals surface area contributed by atoms with Gasteiger partial charge in [-0.15, -0.1) is 0 Å². The molecule has 1 aliphatic heterocycles. The molecule has 1 unspecified atom stereocenters. The van der Waals surface area contributed by atoms with Crippen LogP contribution in [0.2, 0.25) is 0 Å². The lowest BCUT2D eigenvalue weighted by Crippen LogP contribution is -2.40. The van der Waals surface area contributed by atoms with E-state index in [1.165, 1.54) is 32.4 Å². The molecular weight excluding hydrogens is 462 g/mol. The number of ether oxygens (including phenoxy) is 3. The number of esters is 3. The summed E-state index contributed by atoms with van der Waals surface area (Å²) in [7, 11) is 2.37. The van der Waals surface area contributed by atoms with E-state index in [-0.39, 0.29) is 47.6 Å². The van der Waals surface area contributed by atoms with Crippen molar-refractivity contribution >= 4 is 40.9 Å². The Kier molecular flexibility index (Phi) is 8.12. The van der Waals surface area contributed by atoms with E-state index < -0.39 is 28.5 Å². The van der Waals surface area contributed by atoms with Crippen LogP contribution in [-0.2, 0) is 19.0 Å². The Morgan fingerprint density at radius 3 is 2.37 bits per heavy atom. The lowest BCUT2D eigenvalue weighted by molar-refractivity contribution is -0.383. The fourth-order valence-electron chi connectivity index (χ4n) is 3.79. The number of carbonyl (C=O) groups excluding carboxylic acids is 3. The molecule has 0 aliphatic carbocycles. The molecule has 2 heterocycles. The zero-order valence-corrected chi connectivity index (χ0v) is 19.5. The smallest absolute Gasteiger partial charge is 0.353 e. The minimum Gasteiger partial charge on any atom is -0.466 e. The third kappa shape index (κ3) is 5.80. The number of nitrogens with zero attached hydrogens (tertiary/aromatic N) is 4. The Labute approximate surface area is 200 Å². The van der Waals surface area contributed by atoms with Gasteiger partial charge in [-0.3, -0.25) is 14.9 Å². The summed E-state index contributed by atoms with van der Waals surface area (Å²) in [4.78, 5) is 57.6. The molecule has 0 bridgehead atoms. The number of hydrogen-bond donors (Lipinski definition) is 1. The summed E-state index contributed by atoms with van der Waals surface area (Å²) in [6.45, 7) is 2.62. The van der Waals surface area contributed by atoms with Gasteiger partial charge in [-0.05, 0) is 38.0 Å². The standard InChI is InChI=1S/C22H25N5O8/c1-4-35-22(30)13-6-5-7-26(11-13)19-17(27(31)32)18(23-12-24-19)25-16-9-14(20(28)33-2)8-15(10-16)21(29)34-3/h8-10,12-13H,4-7,11H2,1-3H3,(H,23,24,25). The molecule has 186 valence electrons. The first-order chi connectivity index (χ1) is 16.8. The van der Waals surface area contributed by atoms with Gasteiger partial charge in [-0.25, -0.2) is 19.6 Å². The highest BCUT2D eigenvalue weighted by atomic mass is 16.6. The maximum atomic E-state index is 12.2. The monoisotopic (exact) mass is 487 g/mol. The van der Waals surface area contributed by atoms with Crippen LogP contribution in [0.1, 0.15) is 40.5 Å². The molecule has 3 rings (SSSR count). The van der Waals surface area contributed by atoms with E-state index in [4.69, 9.17) is 14.2 Å². The van der Waals surface area contributed by atoms with Gasteiger partial charge < -0.3 is 24.4 Å². The predicted molar refractivity (Wildman–Crippen MR) is 123 cm³/mol. The van der Waals surface area contributed by atoms with Crippen LogP contribution in [0.15, 0.2) is 24.5 Å². The van der Waals surface area contributed by atoms with E-state index in [1.807, 2.05) is 0 Å². The van der Waals surface area contributed by atoms with E-state index in [0.717, 1.165) is 6.33 Å². The molecule has 2 aromatic rings. The second-order valence-electron chi connectivity index (χ2n) is 7.60. The first-order valence-electron chi connectivity index (χ1n) is 10.8. The van der Waals surface area contributed by atoms with Crippen molar-refractivity contribution in [2.45, 2.75) is 19.8 Å². The lowest BCUT2D eigenvalue weighted by Gasteiger charge is -2.32. The molecule has 1 N–H and O–H groups in total. The number of nitro groups is 1. The van der Waals surface area contributed by atoms with Crippen LogP contribution in [0.4, 0.5) is 23.0 Å². The molecule has 0 radical (unpaired) electrons. The quantitative estimate of drug-likeness (QED) is 0.251. The molecule has 0 saturated carbocycles. The van der Waals surface area contributed by atoms with E-state index in [9.17, 15) is 24.5 Å². The number of piperidine rings is 1. The second kappa shape index (κ2) is 11.2. The minimum absolute atomic E-state index is 0.0307. The number of rotatable bonds is 8. The van der Waals surface area contributed by atoms with E-state index in [1.54, 1.807) is 11.8 Å². The van der Waals surface area contributed by atoms with Gasteiger partial charge >= 0.3 is 23.6 Å². The van der Waals surface area contributed by atoms with Crippen LogP contribution >= 0.6 is 0 Å². The number of aromatic nitrogens is 2. The Hall–Kier alpha value is -4.29. The summed E-state index contributed by atoms with van der Waals surface area (Å²) in [5.74, 6) is -2.34. The van der Waals surface area contributed by atoms with Crippen LogP contribution in [0.5, 0.6) is 0 Å². The maximum Gasteiger partial charge on any atom is 0.353 e. The molecule has 1 aromatic heterocycles. The topological polar surface area (TPSA) is 163 Å². The van der Waals surface area contributed by atoms with E-state index >= 15 is 0 Å². The largest absolute Gasteiger partial charge is 0.466 e. The molecule has 1 atom stereocenters. The van der Waals surface area contributed by atoms with Crippen LogP contribution < -0.4 is 10.2 Å². The minimum atomic E-state index is -0.713. The van der Waals surface area contributed by atoms with Crippen LogP contribution in [-0.4, -0.2) is 66.7 Å². The van der Waals surface area contributed by atoms with Gasteiger partial charge in [0.1, 0.15) is 6.33 Å². The van der Waals surface area contributed by atoms with Crippen molar-refractivity contribution in [1.29, 1.82) is 0 Å². The Morgan fingerprint density at radius 1 is 1.14 bits per heavy atom. The highest BCUT2D eigenvalue weighted by molar-refractivity contribution is 5.97. The average molecular weight is 487 g/mol. The summed E-state index contributed by atoms with van der Waals surface area (Å²) < 4.78 is 14.5. The molecule has 0 spiro atoms. The van der Waals surface area contributed by atoms with Gasteiger partial charge in [-0.1, -0.05) is 0 Å². The molecule has 13 heteroatoms. The summed E-state index contributed by atoms with van der Waals surface area (Å²) in [6, 6.07) is 4.01. The third-order valence-corrected chi connectivity index (χ3v) is 5.36. The van der Waals surface area contributed by atoms with Crippen LogP contribution in [0, 0.1) is 16.0 Å². The first-order valence-corrected chi connectivity index (χ1v) is 10.8. The van der Waals surface area contributed by atoms with E-state index in [2.05, 4.69) is 15.3 Å². The molecule has 1 fully saturated rings. The van der Waals surface area contributed by atoms with Gasteiger partial charge in [0.15, 0.2) is 0 Å². The van der Waals surface area contributed by atoms with Crippen LogP contribution in [0.3, 0.4) is 0 Å². The maximum absolute atomic E-state index is 12.2. The number of carbonyl (C=O) groups is 3. The number of methoxy groups -OCH3 is 2. The van der Waals surface area contributed by atoms with Crippen molar-refractivity contribution in [1.82, 2.24) is 9.97 Å². The molecular formula is C22H25N5O8. The fourth-order valence-corrected chi connectivity index (χ4v) is 3.79. The fraction of sp³-hybridized carbons (Fsp3) is 0.409. The summed E-state index contributed by atoms with van der Waals surface area (Å²) >= 11 is 0. The molecule has 1 saturated heterocycles. The molecule has 13 nitrogen and oxygen atoms in total.